The largest absolute Gasteiger partial charge is 0.381 e. The fraction of sp³-hybridized carbons (Fsp3) is 0.440. The number of rotatable bonds is 12. The van der Waals surface area contributed by atoms with E-state index in [4.69, 9.17) is 21.1 Å². The van der Waals surface area contributed by atoms with E-state index in [1.807, 2.05) is 26.1 Å². The molecule has 1 aliphatic rings. The maximum absolute atomic E-state index is 13.1. The van der Waals surface area contributed by atoms with Crippen LogP contribution in [0, 0.1) is 6.92 Å². The first kappa shape index (κ1) is 27.0. The van der Waals surface area contributed by atoms with Crippen molar-refractivity contribution in [3.05, 3.63) is 64.8 Å². The molecule has 0 radical (unpaired) electrons. The molecule has 0 saturated carbocycles. The molecule has 1 amide bonds. The van der Waals surface area contributed by atoms with Crippen molar-refractivity contribution in [1.29, 1.82) is 0 Å². The van der Waals surface area contributed by atoms with Gasteiger partial charge in [-0.15, -0.1) is 0 Å². The third kappa shape index (κ3) is 7.70. The van der Waals surface area contributed by atoms with Gasteiger partial charge in [0, 0.05) is 60.9 Å². The Morgan fingerprint density at radius 2 is 2.11 bits per heavy atom. The number of aromatic nitrogens is 4. The zero-order valence-electron chi connectivity index (χ0n) is 21.0. The van der Waals surface area contributed by atoms with Gasteiger partial charge in [-0.05, 0) is 38.9 Å². The summed E-state index contributed by atoms with van der Waals surface area (Å²) in [6, 6.07) is 7.46. The summed E-state index contributed by atoms with van der Waals surface area (Å²) in [5, 5.41) is 13.1. The minimum atomic E-state index is -0.713. The monoisotopic (exact) mass is 528 g/mol. The number of nitrogens with zero attached hydrogens (tertiary/aromatic N) is 4. The number of carbonyl (C=O) groups excluding carboxylic acids is 1. The number of hydrogen-bond acceptors (Lipinski definition) is 9. The SMILES string of the molecule is CNCCNCOC(NC(=O)c1cn(-c2nc(NC3CCOCC3)ncc2C)cn1)c1cccc(Cl)c1. The van der Waals surface area contributed by atoms with Gasteiger partial charge in [0.2, 0.25) is 5.95 Å². The molecule has 1 saturated heterocycles. The number of aryl methyl sites for hydroxylation is 1. The van der Waals surface area contributed by atoms with Gasteiger partial charge in [0.1, 0.15) is 17.8 Å². The number of ether oxygens (including phenoxy) is 2. The Hall–Kier alpha value is -3.09. The van der Waals surface area contributed by atoms with Gasteiger partial charge in [-0.1, -0.05) is 23.7 Å². The van der Waals surface area contributed by atoms with E-state index < -0.39 is 6.23 Å². The Labute approximate surface area is 221 Å². The highest BCUT2D eigenvalue weighted by Crippen LogP contribution is 2.20. The molecule has 1 atom stereocenters. The van der Waals surface area contributed by atoms with Crippen LogP contribution in [0.1, 0.15) is 40.7 Å². The number of halogens is 1. The molecule has 3 heterocycles. The Kier molecular flexibility index (Phi) is 9.80. The third-order valence-corrected chi connectivity index (χ3v) is 6.11. The van der Waals surface area contributed by atoms with Crippen molar-refractivity contribution in [2.24, 2.45) is 0 Å². The predicted octanol–water partition coefficient (Wildman–Crippen LogP) is 2.43. The first-order valence-corrected chi connectivity index (χ1v) is 12.7. The first-order chi connectivity index (χ1) is 18.0. The lowest BCUT2D eigenvalue weighted by atomic mass is 10.1. The maximum Gasteiger partial charge on any atom is 0.273 e. The topological polar surface area (TPSA) is 127 Å². The van der Waals surface area contributed by atoms with Crippen LogP contribution in [0.4, 0.5) is 5.95 Å². The van der Waals surface area contributed by atoms with E-state index in [0.29, 0.717) is 16.8 Å². The van der Waals surface area contributed by atoms with Gasteiger partial charge in [0.05, 0.1) is 6.73 Å². The van der Waals surface area contributed by atoms with Crippen LogP contribution in [0.25, 0.3) is 5.82 Å². The highest BCUT2D eigenvalue weighted by atomic mass is 35.5. The van der Waals surface area contributed by atoms with Gasteiger partial charge in [-0.2, -0.15) is 4.98 Å². The molecule has 0 spiro atoms. The minimum absolute atomic E-state index is 0.232. The van der Waals surface area contributed by atoms with Crippen LogP contribution in [0.2, 0.25) is 5.02 Å². The van der Waals surface area contributed by atoms with Crippen molar-refractivity contribution in [1.82, 2.24) is 35.5 Å². The Bertz CT molecular complexity index is 1170. The molecule has 1 aromatic carbocycles. The fourth-order valence-electron chi connectivity index (χ4n) is 3.86. The molecule has 11 nitrogen and oxygen atoms in total. The summed E-state index contributed by atoms with van der Waals surface area (Å²) in [5.41, 5.74) is 1.82. The Morgan fingerprint density at radius 3 is 2.89 bits per heavy atom. The summed E-state index contributed by atoms with van der Waals surface area (Å²) >= 11 is 6.17. The number of amides is 1. The number of hydrogen-bond donors (Lipinski definition) is 4. The molecule has 0 aliphatic carbocycles. The second-order valence-corrected chi connectivity index (χ2v) is 9.16. The first-order valence-electron chi connectivity index (χ1n) is 12.3. The summed E-state index contributed by atoms with van der Waals surface area (Å²) in [5.74, 6) is 0.797. The van der Waals surface area contributed by atoms with E-state index in [0.717, 1.165) is 50.3 Å². The number of imidazole rings is 1. The molecule has 4 N–H and O–H groups in total. The maximum atomic E-state index is 13.1. The normalized spacial score (nSPS) is 14.9. The van der Waals surface area contributed by atoms with E-state index in [1.54, 1.807) is 35.4 Å². The zero-order chi connectivity index (χ0) is 26.0. The molecular formula is C25H33ClN8O3. The molecule has 12 heteroatoms. The van der Waals surface area contributed by atoms with E-state index in [2.05, 4.69) is 36.2 Å². The van der Waals surface area contributed by atoms with Crippen LogP contribution >= 0.6 is 11.6 Å². The van der Waals surface area contributed by atoms with Crippen LogP contribution in [-0.4, -0.2) is 71.5 Å². The molecule has 3 aromatic rings. The van der Waals surface area contributed by atoms with Gasteiger partial charge in [-0.25, -0.2) is 9.97 Å². The summed E-state index contributed by atoms with van der Waals surface area (Å²) < 4.78 is 13.1. The highest BCUT2D eigenvalue weighted by molar-refractivity contribution is 6.30. The summed E-state index contributed by atoms with van der Waals surface area (Å²) in [6.07, 6.45) is 6.06. The van der Waals surface area contributed by atoms with Gasteiger partial charge >= 0.3 is 0 Å². The number of nitrogens with one attached hydrogen (secondary N) is 4. The van der Waals surface area contributed by atoms with Gasteiger partial charge < -0.3 is 25.4 Å². The molecule has 1 aliphatic heterocycles. The lowest BCUT2D eigenvalue weighted by molar-refractivity contribution is 0.0172. The van der Waals surface area contributed by atoms with Gasteiger partial charge in [0.15, 0.2) is 6.23 Å². The van der Waals surface area contributed by atoms with E-state index in [-0.39, 0.29) is 24.4 Å². The summed E-state index contributed by atoms with van der Waals surface area (Å²) in [6.45, 7) is 5.13. The van der Waals surface area contributed by atoms with E-state index in [1.165, 1.54) is 0 Å². The van der Waals surface area contributed by atoms with Crippen LogP contribution in [-0.2, 0) is 9.47 Å². The van der Waals surface area contributed by atoms with Gasteiger partial charge in [0.25, 0.3) is 5.91 Å². The molecule has 1 unspecified atom stereocenters. The highest BCUT2D eigenvalue weighted by Gasteiger charge is 2.20. The minimum Gasteiger partial charge on any atom is -0.381 e. The average molecular weight is 529 g/mol. The van der Waals surface area contributed by atoms with E-state index >= 15 is 0 Å². The molecular weight excluding hydrogens is 496 g/mol. The molecule has 1 fully saturated rings. The molecule has 4 rings (SSSR count). The van der Waals surface area contributed by atoms with Crippen molar-refractivity contribution in [3.63, 3.8) is 0 Å². The van der Waals surface area contributed by atoms with Crippen molar-refractivity contribution < 1.29 is 14.3 Å². The fourth-order valence-corrected chi connectivity index (χ4v) is 4.05. The molecule has 37 heavy (non-hydrogen) atoms. The van der Waals surface area contributed by atoms with Crippen LogP contribution < -0.4 is 21.3 Å². The lowest BCUT2D eigenvalue weighted by Gasteiger charge is -2.23. The second kappa shape index (κ2) is 13.5. The van der Waals surface area contributed by atoms with Crippen molar-refractivity contribution >= 4 is 23.5 Å². The average Bonchev–Trinajstić information content (AvgIpc) is 3.40. The number of anilines is 1. The summed E-state index contributed by atoms with van der Waals surface area (Å²) in [4.78, 5) is 26.5. The summed E-state index contributed by atoms with van der Waals surface area (Å²) in [7, 11) is 1.88. The molecule has 0 bridgehead atoms. The number of carbonyl (C=O) groups is 1. The van der Waals surface area contributed by atoms with Crippen LogP contribution in [0.3, 0.4) is 0 Å². The lowest BCUT2D eigenvalue weighted by Crippen LogP contribution is -2.34. The zero-order valence-corrected chi connectivity index (χ0v) is 21.8. The quantitative estimate of drug-likeness (QED) is 0.207. The standard InChI is InChI=1S/C25H33ClN8O3/c1-17-13-29-25(31-20-6-10-36-11-7-20)32-22(17)34-14-21(30-15-34)23(35)33-24(37-16-28-9-8-27-2)18-4-3-5-19(26)12-18/h3-5,12-15,20,24,27-28H,6-11,16H2,1-2H3,(H,33,35)(H,29,31,32). The Morgan fingerprint density at radius 1 is 1.27 bits per heavy atom. The molecule has 198 valence electrons. The smallest absolute Gasteiger partial charge is 0.273 e. The van der Waals surface area contributed by atoms with Crippen molar-refractivity contribution in [2.45, 2.75) is 32.0 Å². The second-order valence-electron chi connectivity index (χ2n) is 8.72. The predicted molar refractivity (Wildman–Crippen MR) is 141 cm³/mol. The number of likely N-dealkylation sites (N-methyl/N-ethyl adjacent to an activating group) is 1. The van der Waals surface area contributed by atoms with Crippen molar-refractivity contribution in [2.75, 3.05) is 45.4 Å². The van der Waals surface area contributed by atoms with Gasteiger partial charge in [-0.3, -0.25) is 14.7 Å². The van der Waals surface area contributed by atoms with Crippen LogP contribution in [0.15, 0.2) is 43.0 Å². The van der Waals surface area contributed by atoms with Crippen molar-refractivity contribution in [3.8, 4) is 5.82 Å². The Balaban J connectivity index is 1.45. The van der Waals surface area contributed by atoms with E-state index in [9.17, 15) is 4.79 Å². The molecule has 2 aromatic heterocycles. The number of benzene rings is 1. The third-order valence-electron chi connectivity index (χ3n) is 5.88. The van der Waals surface area contributed by atoms with Crippen LogP contribution in [0.5, 0.6) is 0 Å².